The first kappa shape index (κ1) is 14.7. The summed E-state index contributed by atoms with van der Waals surface area (Å²) < 4.78 is 5.64. The van der Waals surface area contributed by atoms with Crippen molar-refractivity contribution in [3.05, 3.63) is 0 Å². The molecule has 0 bridgehead atoms. The molecule has 1 rings (SSSR count). The van der Waals surface area contributed by atoms with Gasteiger partial charge in [-0.15, -0.1) is 0 Å². The van der Waals surface area contributed by atoms with Crippen molar-refractivity contribution in [3.63, 3.8) is 0 Å². The zero-order valence-electron chi connectivity index (χ0n) is 10.8. The van der Waals surface area contributed by atoms with Gasteiger partial charge in [-0.05, 0) is 42.9 Å². The Balaban J connectivity index is 2.41. The zero-order valence-corrected chi connectivity index (χ0v) is 12.6. The topological polar surface area (TPSA) is 9.23 Å². The van der Waals surface area contributed by atoms with Gasteiger partial charge in [-0.3, -0.25) is 0 Å². The smallest absolute Gasteiger partial charge is 0.0896 e. The number of ether oxygens (including phenoxy) is 1. The normalized spacial score (nSPS) is 29.1. The summed E-state index contributed by atoms with van der Waals surface area (Å²) in [7, 11) is 0. The van der Waals surface area contributed by atoms with Gasteiger partial charge in [-0.2, -0.15) is 25.3 Å². The van der Waals surface area contributed by atoms with Gasteiger partial charge < -0.3 is 4.74 Å². The Labute approximate surface area is 112 Å². The fraction of sp³-hybridized carbons (Fsp3) is 1.00. The van der Waals surface area contributed by atoms with Gasteiger partial charge in [0.25, 0.3) is 0 Å². The van der Waals surface area contributed by atoms with Crippen LogP contribution in [0.3, 0.4) is 0 Å². The summed E-state index contributed by atoms with van der Waals surface area (Å²) >= 11 is 8.52. The number of hydrogen-bond donors (Lipinski definition) is 2. The number of rotatable bonds is 4. The highest BCUT2D eigenvalue weighted by Crippen LogP contribution is 2.41. The number of thiol groups is 2. The van der Waals surface area contributed by atoms with E-state index in [4.69, 9.17) is 4.74 Å². The van der Waals surface area contributed by atoms with E-state index < -0.39 is 0 Å². The van der Waals surface area contributed by atoms with E-state index in [1.807, 2.05) is 0 Å². The van der Waals surface area contributed by atoms with Crippen LogP contribution in [0, 0.1) is 17.3 Å². The highest BCUT2D eigenvalue weighted by atomic mass is 32.1. The van der Waals surface area contributed by atoms with Crippen LogP contribution in [0.4, 0.5) is 0 Å². The monoisotopic (exact) mass is 262 g/mol. The van der Waals surface area contributed by atoms with Crippen molar-refractivity contribution in [2.24, 2.45) is 17.3 Å². The van der Waals surface area contributed by atoms with E-state index in [9.17, 15) is 0 Å². The molecule has 0 aromatic heterocycles. The molecule has 0 aliphatic heterocycles. The standard InChI is InChI=1S/C13H26OS2/c1-13(2,3)11-6-4-10(5-7-11)12(8-15)14-9-16/h10-12,15-16H,4-9H2,1-3H3. The van der Waals surface area contributed by atoms with Crippen LogP contribution in [0.2, 0.25) is 0 Å². The van der Waals surface area contributed by atoms with E-state index in [0.29, 0.717) is 23.4 Å². The molecule has 96 valence electrons. The molecule has 1 atom stereocenters. The Bertz CT molecular complexity index is 193. The fourth-order valence-corrected chi connectivity index (χ4v) is 3.39. The molecular weight excluding hydrogens is 236 g/mol. The molecule has 0 aromatic rings. The Morgan fingerprint density at radius 1 is 1.12 bits per heavy atom. The summed E-state index contributed by atoms with van der Waals surface area (Å²) in [6.07, 6.45) is 5.58. The first-order chi connectivity index (χ1) is 7.49. The Morgan fingerprint density at radius 2 is 1.69 bits per heavy atom. The van der Waals surface area contributed by atoms with Gasteiger partial charge in [0, 0.05) is 5.75 Å². The molecule has 0 saturated heterocycles. The van der Waals surface area contributed by atoms with Gasteiger partial charge in [0.1, 0.15) is 0 Å². The van der Waals surface area contributed by atoms with Crippen molar-refractivity contribution in [3.8, 4) is 0 Å². The van der Waals surface area contributed by atoms with Crippen LogP contribution in [0.15, 0.2) is 0 Å². The van der Waals surface area contributed by atoms with Crippen LogP contribution >= 0.6 is 25.3 Å². The van der Waals surface area contributed by atoms with Crippen molar-refractivity contribution in [1.82, 2.24) is 0 Å². The predicted octanol–water partition coefficient (Wildman–Crippen LogP) is 4.04. The molecule has 0 radical (unpaired) electrons. The Morgan fingerprint density at radius 3 is 2.06 bits per heavy atom. The summed E-state index contributed by atoms with van der Waals surface area (Å²) in [6.45, 7) is 7.08. The average molecular weight is 262 g/mol. The third-order valence-electron chi connectivity index (χ3n) is 3.99. The largest absolute Gasteiger partial charge is 0.367 e. The minimum Gasteiger partial charge on any atom is -0.367 e. The summed E-state index contributed by atoms with van der Waals surface area (Å²) in [6, 6.07) is 0. The van der Waals surface area contributed by atoms with Gasteiger partial charge in [0.2, 0.25) is 0 Å². The average Bonchev–Trinajstić information content (AvgIpc) is 2.25. The van der Waals surface area contributed by atoms with Crippen LogP contribution in [-0.2, 0) is 4.74 Å². The summed E-state index contributed by atoms with van der Waals surface area (Å²) in [5.74, 6) is 2.92. The maximum absolute atomic E-state index is 5.64. The highest BCUT2D eigenvalue weighted by molar-refractivity contribution is 7.80. The molecule has 0 amide bonds. The van der Waals surface area contributed by atoms with E-state index in [-0.39, 0.29) is 0 Å². The van der Waals surface area contributed by atoms with Crippen LogP contribution in [0.5, 0.6) is 0 Å². The van der Waals surface area contributed by atoms with E-state index in [1.165, 1.54) is 25.7 Å². The molecular formula is C13H26OS2. The minimum absolute atomic E-state index is 0.307. The molecule has 1 aliphatic carbocycles. The highest BCUT2D eigenvalue weighted by Gasteiger charge is 2.32. The lowest BCUT2D eigenvalue weighted by molar-refractivity contribution is 0.0264. The fourth-order valence-electron chi connectivity index (χ4n) is 2.79. The first-order valence-electron chi connectivity index (χ1n) is 6.32. The molecule has 1 saturated carbocycles. The molecule has 0 spiro atoms. The van der Waals surface area contributed by atoms with E-state index >= 15 is 0 Å². The predicted molar refractivity (Wildman–Crippen MR) is 77.5 cm³/mol. The second-order valence-corrected chi connectivity index (χ2v) is 6.62. The number of hydrogen-bond acceptors (Lipinski definition) is 3. The van der Waals surface area contributed by atoms with Crippen LogP contribution in [0.1, 0.15) is 46.5 Å². The van der Waals surface area contributed by atoms with Crippen molar-refractivity contribution in [2.75, 3.05) is 11.7 Å². The molecule has 0 N–H and O–H groups in total. The van der Waals surface area contributed by atoms with E-state index in [0.717, 1.165) is 11.7 Å². The molecule has 0 heterocycles. The van der Waals surface area contributed by atoms with E-state index in [2.05, 4.69) is 46.0 Å². The second-order valence-electron chi connectivity index (χ2n) is 5.99. The third kappa shape index (κ3) is 4.15. The minimum atomic E-state index is 0.307. The Hall–Kier alpha value is 0.660. The van der Waals surface area contributed by atoms with Gasteiger partial charge in [0.05, 0.1) is 12.0 Å². The lowest BCUT2D eigenvalue weighted by Crippen LogP contribution is -2.33. The van der Waals surface area contributed by atoms with Crippen molar-refractivity contribution < 1.29 is 4.74 Å². The molecule has 1 fully saturated rings. The van der Waals surface area contributed by atoms with E-state index in [1.54, 1.807) is 0 Å². The SMILES string of the molecule is CC(C)(C)C1CCC(C(CS)OCS)CC1. The third-order valence-corrected chi connectivity index (χ3v) is 4.50. The van der Waals surface area contributed by atoms with Gasteiger partial charge >= 0.3 is 0 Å². The molecule has 0 aromatic carbocycles. The molecule has 16 heavy (non-hydrogen) atoms. The van der Waals surface area contributed by atoms with Gasteiger partial charge in [-0.1, -0.05) is 20.8 Å². The van der Waals surface area contributed by atoms with Crippen molar-refractivity contribution >= 4 is 25.3 Å². The molecule has 1 nitrogen and oxygen atoms in total. The maximum Gasteiger partial charge on any atom is 0.0896 e. The Kier molecular flexibility index (Phi) is 6.03. The molecule has 1 unspecified atom stereocenters. The van der Waals surface area contributed by atoms with Crippen LogP contribution in [-0.4, -0.2) is 17.8 Å². The molecule has 1 aliphatic rings. The second kappa shape index (κ2) is 6.55. The van der Waals surface area contributed by atoms with Gasteiger partial charge in [-0.25, -0.2) is 0 Å². The van der Waals surface area contributed by atoms with Gasteiger partial charge in [0.15, 0.2) is 0 Å². The summed E-state index contributed by atoms with van der Waals surface area (Å²) in [5, 5.41) is 0. The zero-order chi connectivity index (χ0) is 12.2. The lowest BCUT2D eigenvalue weighted by atomic mass is 9.69. The van der Waals surface area contributed by atoms with Crippen molar-refractivity contribution in [2.45, 2.75) is 52.6 Å². The van der Waals surface area contributed by atoms with Crippen LogP contribution < -0.4 is 0 Å². The first-order valence-corrected chi connectivity index (χ1v) is 7.58. The molecule has 3 heteroatoms. The quantitative estimate of drug-likeness (QED) is 0.574. The summed E-state index contributed by atoms with van der Waals surface area (Å²) in [4.78, 5) is 0. The maximum atomic E-state index is 5.64. The summed E-state index contributed by atoms with van der Waals surface area (Å²) in [5.41, 5.74) is 0.464. The van der Waals surface area contributed by atoms with Crippen molar-refractivity contribution in [1.29, 1.82) is 0 Å². The lowest BCUT2D eigenvalue weighted by Gasteiger charge is -2.39. The van der Waals surface area contributed by atoms with Crippen LogP contribution in [0.25, 0.3) is 0 Å².